The molecular weight excluding hydrogens is 338 g/mol. The van der Waals surface area contributed by atoms with E-state index < -0.39 is 0 Å². The van der Waals surface area contributed by atoms with E-state index >= 15 is 0 Å². The minimum absolute atomic E-state index is 0.308. The number of rotatable bonds is 5. The average molecular weight is 363 g/mol. The Morgan fingerprint density at radius 3 is 2.44 bits per heavy atom. The van der Waals surface area contributed by atoms with Crippen LogP contribution in [0.5, 0.6) is 0 Å². The third kappa shape index (κ3) is 3.66. The van der Waals surface area contributed by atoms with Crippen molar-refractivity contribution < 1.29 is 4.79 Å². The topological polar surface area (TPSA) is 71.0 Å². The van der Waals surface area contributed by atoms with Gasteiger partial charge >= 0.3 is 0 Å². The van der Waals surface area contributed by atoms with Crippen molar-refractivity contribution in [3.63, 3.8) is 0 Å². The molecule has 0 atom stereocenters. The number of pyridine rings is 1. The van der Waals surface area contributed by atoms with Crippen molar-refractivity contribution in [1.82, 2.24) is 19.9 Å². The number of likely N-dealkylation sites (tertiary alicyclic amines) is 1. The van der Waals surface area contributed by atoms with Gasteiger partial charge in [0.2, 0.25) is 11.9 Å². The number of carbonyl (C=O) groups is 1. The predicted octanol–water partition coefficient (Wildman–Crippen LogP) is 3.23. The van der Waals surface area contributed by atoms with Crippen molar-refractivity contribution in [3.8, 4) is 11.1 Å². The molecule has 3 heterocycles. The second kappa shape index (κ2) is 6.91. The monoisotopic (exact) mass is 363 g/mol. The zero-order valence-electron chi connectivity index (χ0n) is 15.5. The first-order chi connectivity index (χ1) is 13.3. The lowest BCUT2D eigenvalue weighted by atomic mass is 9.89. The van der Waals surface area contributed by atoms with Gasteiger partial charge in [-0.25, -0.2) is 9.97 Å². The van der Waals surface area contributed by atoms with E-state index in [9.17, 15) is 4.79 Å². The average Bonchev–Trinajstić information content (AvgIpc) is 3.63. The molecule has 2 aromatic heterocycles. The molecule has 6 nitrogen and oxygen atoms in total. The standard InChI is InChI=1S/C21H25N5O/c27-20(16-1-2-16)26-11-7-15(8-12-26)19-18(14-5-9-22-10-6-14)13-23-21(25-19)24-17-3-4-17/h5-6,9-10,13,15-17H,1-4,7-8,11-12H2,(H,23,24,25). The second-order valence-electron chi connectivity index (χ2n) is 8.02. The van der Waals surface area contributed by atoms with Gasteiger partial charge in [-0.2, -0.15) is 0 Å². The molecular formula is C21H25N5O. The van der Waals surface area contributed by atoms with Crippen molar-refractivity contribution >= 4 is 11.9 Å². The Morgan fingerprint density at radius 2 is 1.78 bits per heavy atom. The fourth-order valence-corrected chi connectivity index (χ4v) is 3.90. The Labute approximate surface area is 159 Å². The summed E-state index contributed by atoms with van der Waals surface area (Å²) in [5.41, 5.74) is 3.30. The second-order valence-corrected chi connectivity index (χ2v) is 8.02. The van der Waals surface area contributed by atoms with Gasteiger partial charge in [-0.05, 0) is 56.2 Å². The van der Waals surface area contributed by atoms with Crippen molar-refractivity contribution in [1.29, 1.82) is 0 Å². The molecule has 140 valence electrons. The molecule has 5 rings (SSSR count). The van der Waals surface area contributed by atoms with Crippen LogP contribution in [0.3, 0.4) is 0 Å². The Balaban J connectivity index is 1.39. The normalized spacial score (nSPS) is 20.5. The fourth-order valence-electron chi connectivity index (χ4n) is 3.90. The van der Waals surface area contributed by atoms with Crippen molar-refractivity contribution in [2.45, 2.75) is 50.5 Å². The summed E-state index contributed by atoms with van der Waals surface area (Å²) < 4.78 is 0. The quantitative estimate of drug-likeness (QED) is 0.883. The third-order valence-corrected chi connectivity index (χ3v) is 5.84. The number of hydrogen-bond acceptors (Lipinski definition) is 5. The third-order valence-electron chi connectivity index (χ3n) is 5.84. The van der Waals surface area contributed by atoms with Crippen molar-refractivity contribution in [2.75, 3.05) is 18.4 Å². The van der Waals surface area contributed by atoms with Gasteiger partial charge in [0.15, 0.2) is 0 Å². The highest BCUT2D eigenvalue weighted by atomic mass is 16.2. The van der Waals surface area contributed by atoms with Gasteiger partial charge in [-0.15, -0.1) is 0 Å². The van der Waals surface area contributed by atoms with Gasteiger partial charge in [0.1, 0.15) is 0 Å². The number of aromatic nitrogens is 3. The van der Waals surface area contributed by atoms with Crippen LogP contribution in [0.2, 0.25) is 0 Å². The largest absolute Gasteiger partial charge is 0.351 e. The first kappa shape index (κ1) is 16.7. The molecule has 2 saturated carbocycles. The highest BCUT2D eigenvalue weighted by molar-refractivity contribution is 5.81. The number of piperidine rings is 1. The van der Waals surface area contributed by atoms with Gasteiger partial charge in [-0.3, -0.25) is 9.78 Å². The molecule has 27 heavy (non-hydrogen) atoms. The molecule has 0 radical (unpaired) electrons. The molecule has 6 heteroatoms. The maximum Gasteiger partial charge on any atom is 0.225 e. The fraction of sp³-hybridized carbons (Fsp3) is 0.524. The summed E-state index contributed by atoms with van der Waals surface area (Å²) in [4.78, 5) is 28.0. The molecule has 0 unspecified atom stereocenters. The lowest BCUT2D eigenvalue weighted by molar-refractivity contribution is -0.133. The van der Waals surface area contributed by atoms with Crippen LogP contribution in [-0.4, -0.2) is 44.9 Å². The van der Waals surface area contributed by atoms with Gasteiger partial charge in [0.05, 0.1) is 5.69 Å². The number of carbonyl (C=O) groups excluding carboxylic acids is 1. The van der Waals surface area contributed by atoms with E-state index in [-0.39, 0.29) is 0 Å². The van der Waals surface area contributed by atoms with E-state index in [0.717, 1.165) is 61.5 Å². The van der Waals surface area contributed by atoms with Crippen LogP contribution in [0.4, 0.5) is 5.95 Å². The van der Waals surface area contributed by atoms with E-state index in [2.05, 4.69) is 20.2 Å². The molecule has 1 amide bonds. The molecule has 0 spiro atoms. The summed E-state index contributed by atoms with van der Waals surface area (Å²) in [5, 5.41) is 3.43. The zero-order valence-corrected chi connectivity index (χ0v) is 15.5. The summed E-state index contributed by atoms with van der Waals surface area (Å²) in [6, 6.07) is 4.56. The first-order valence-corrected chi connectivity index (χ1v) is 10.1. The van der Waals surface area contributed by atoms with Crippen LogP contribution in [-0.2, 0) is 4.79 Å². The summed E-state index contributed by atoms with van der Waals surface area (Å²) >= 11 is 0. The van der Waals surface area contributed by atoms with E-state index in [4.69, 9.17) is 4.98 Å². The molecule has 0 bridgehead atoms. The van der Waals surface area contributed by atoms with Crippen molar-refractivity contribution in [2.24, 2.45) is 5.92 Å². The molecule has 1 aliphatic heterocycles. The van der Waals surface area contributed by atoms with Crippen LogP contribution >= 0.6 is 0 Å². The van der Waals surface area contributed by atoms with E-state index in [1.807, 2.05) is 30.7 Å². The number of anilines is 1. The molecule has 2 aliphatic carbocycles. The van der Waals surface area contributed by atoms with Crippen LogP contribution in [0, 0.1) is 5.92 Å². The maximum absolute atomic E-state index is 12.4. The molecule has 3 fully saturated rings. The van der Waals surface area contributed by atoms with Gasteiger partial charge in [-0.1, -0.05) is 0 Å². The Hall–Kier alpha value is -2.50. The Bertz CT molecular complexity index is 824. The van der Waals surface area contributed by atoms with Gasteiger partial charge < -0.3 is 10.2 Å². The lowest BCUT2D eigenvalue weighted by Gasteiger charge is -2.32. The Kier molecular flexibility index (Phi) is 4.26. The lowest BCUT2D eigenvalue weighted by Crippen LogP contribution is -2.39. The van der Waals surface area contributed by atoms with E-state index in [1.165, 1.54) is 12.8 Å². The minimum atomic E-state index is 0.308. The summed E-state index contributed by atoms with van der Waals surface area (Å²) in [5.74, 6) is 1.77. The molecule has 0 aromatic carbocycles. The number of nitrogens with one attached hydrogen (secondary N) is 1. The van der Waals surface area contributed by atoms with Crippen LogP contribution in [0.25, 0.3) is 11.1 Å². The minimum Gasteiger partial charge on any atom is -0.351 e. The van der Waals surface area contributed by atoms with E-state index in [0.29, 0.717) is 23.8 Å². The van der Waals surface area contributed by atoms with Crippen LogP contribution < -0.4 is 5.32 Å². The van der Waals surface area contributed by atoms with E-state index in [1.54, 1.807) is 0 Å². The van der Waals surface area contributed by atoms with Gasteiger partial charge in [0.25, 0.3) is 0 Å². The Morgan fingerprint density at radius 1 is 1.04 bits per heavy atom. The predicted molar refractivity (Wildman–Crippen MR) is 103 cm³/mol. The first-order valence-electron chi connectivity index (χ1n) is 10.1. The number of hydrogen-bond donors (Lipinski definition) is 1. The van der Waals surface area contributed by atoms with Crippen molar-refractivity contribution in [3.05, 3.63) is 36.4 Å². The number of nitrogens with zero attached hydrogens (tertiary/aromatic N) is 4. The SMILES string of the molecule is O=C(C1CC1)N1CCC(c2nc(NC3CC3)ncc2-c2ccncc2)CC1. The molecule has 1 N–H and O–H groups in total. The van der Waals surface area contributed by atoms with Crippen LogP contribution in [0.15, 0.2) is 30.7 Å². The highest BCUT2D eigenvalue weighted by Crippen LogP contribution is 2.37. The van der Waals surface area contributed by atoms with Gasteiger partial charge in [0, 0.05) is 55.1 Å². The maximum atomic E-state index is 12.4. The summed E-state index contributed by atoms with van der Waals surface area (Å²) in [7, 11) is 0. The highest BCUT2D eigenvalue weighted by Gasteiger charge is 2.35. The molecule has 2 aromatic rings. The summed E-state index contributed by atoms with van der Waals surface area (Å²) in [6.07, 6.45) is 12.1. The number of amides is 1. The van der Waals surface area contributed by atoms with Crippen LogP contribution in [0.1, 0.15) is 50.1 Å². The molecule has 1 saturated heterocycles. The zero-order chi connectivity index (χ0) is 18.2. The smallest absolute Gasteiger partial charge is 0.225 e. The molecule has 3 aliphatic rings. The summed E-state index contributed by atoms with van der Waals surface area (Å²) in [6.45, 7) is 1.68.